The highest BCUT2D eigenvalue weighted by atomic mass is 16.3. The number of nitrogens with zero attached hydrogens (tertiary/aromatic N) is 1. The van der Waals surface area contributed by atoms with E-state index in [0.717, 1.165) is 43.4 Å². The standard InChI is InChI=1S/C25H37N3O4/c1-4-5-6-12-26-24(32)14-18-8-7-9-19(13-18)15-25(2,3)27-16-23(31)20-10-11-22(30)21(17-29)28-20/h7-11,13,23,27,29-31H,4-6,12,14-17H2,1-3H3,(H,26,32). The minimum atomic E-state index is -0.872. The zero-order valence-corrected chi connectivity index (χ0v) is 19.4. The Morgan fingerprint density at radius 2 is 1.91 bits per heavy atom. The molecule has 1 heterocycles. The van der Waals surface area contributed by atoms with Gasteiger partial charge in [-0.25, -0.2) is 4.98 Å². The van der Waals surface area contributed by atoms with E-state index in [1.165, 1.54) is 6.07 Å². The molecule has 0 spiro atoms. The predicted molar refractivity (Wildman–Crippen MR) is 125 cm³/mol. The third-order valence-corrected chi connectivity index (χ3v) is 5.34. The van der Waals surface area contributed by atoms with Gasteiger partial charge in [0.05, 0.1) is 18.7 Å². The van der Waals surface area contributed by atoms with E-state index < -0.39 is 12.7 Å². The minimum absolute atomic E-state index is 0.0439. The Balaban J connectivity index is 1.89. The molecule has 1 amide bonds. The summed E-state index contributed by atoms with van der Waals surface area (Å²) in [4.78, 5) is 16.3. The van der Waals surface area contributed by atoms with Crippen LogP contribution in [-0.4, -0.2) is 44.8 Å². The van der Waals surface area contributed by atoms with Crippen LogP contribution in [0, 0.1) is 0 Å². The summed E-state index contributed by atoms with van der Waals surface area (Å²) in [6, 6.07) is 11.0. The average molecular weight is 444 g/mol. The molecule has 0 aliphatic rings. The maximum Gasteiger partial charge on any atom is 0.224 e. The second-order valence-electron chi connectivity index (χ2n) is 8.87. The van der Waals surface area contributed by atoms with Crippen LogP contribution in [0.25, 0.3) is 0 Å². The van der Waals surface area contributed by atoms with Gasteiger partial charge in [-0.15, -0.1) is 0 Å². The number of hydrogen-bond donors (Lipinski definition) is 5. The van der Waals surface area contributed by atoms with Crippen molar-refractivity contribution in [3.63, 3.8) is 0 Å². The lowest BCUT2D eigenvalue weighted by Gasteiger charge is -2.28. The summed E-state index contributed by atoms with van der Waals surface area (Å²) in [5.74, 6) is -0.0475. The highest BCUT2D eigenvalue weighted by molar-refractivity contribution is 5.78. The molecule has 0 bridgehead atoms. The summed E-state index contributed by atoms with van der Waals surface area (Å²) in [6.07, 6.45) is 3.48. The molecular weight excluding hydrogens is 406 g/mol. The fourth-order valence-electron chi connectivity index (χ4n) is 3.56. The summed E-state index contributed by atoms with van der Waals surface area (Å²) in [5, 5.41) is 35.7. The Hall–Kier alpha value is -2.48. The summed E-state index contributed by atoms with van der Waals surface area (Å²) in [7, 11) is 0. The molecule has 0 saturated heterocycles. The van der Waals surface area contributed by atoms with E-state index in [2.05, 4.69) is 42.5 Å². The molecule has 176 valence electrons. The number of nitrogens with one attached hydrogen (secondary N) is 2. The van der Waals surface area contributed by atoms with E-state index in [4.69, 9.17) is 0 Å². The number of aliphatic hydroxyl groups is 2. The molecule has 0 radical (unpaired) electrons. The SMILES string of the molecule is CCCCCNC(=O)Cc1cccc(CC(C)(C)NCC(O)c2ccc(O)c(CO)n2)c1. The number of benzene rings is 1. The monoisotopic (exact) mass is 443 g/mol. The third-order valence-electron chi connectivity index (χ3n) is 5.34. The van der Waals surface area contributed by atoms with E-state index in [0.29, 0.717) is 12.1 Å². The van der Waals surface area contributed by atoms with Crippen LogP contribution < -0.4 is 10.6 Å². The van der Waals surface area contributed by atoms with Gasteiger partial charge in [-0.05, 0) is 49.9 Å². The predicted octanol–water partition coefficient (Wildman–Crippen LogP) is 2.77. The lowest BCUT2D eigenvalue weighted by molar-refractivity contribution is -0.120. The van der Waals surface area contributed by atoms with E-state index in [1.54, 1.807) is 6.07 Å². The molecule has 7 heteroatoms. The van der Waals surface area contributed by atoms with Crippen molar-refractivity contribution >= 4 is 5.91 Å². The van der Waals surface area contributed by atoms with E-state index in [9.17, 15) is 20.1 Å². The van der Waals surface area contributed by atoms with Gasteiger partial charge < -0.3 is 26.0 Å². The van der Waals surface area contributed by atoms with Crippen LogP contribution in [0.5, 0.6) is 5.75 Å². The van der Waals surface area contributed by atoms with E-state index in [-0.39, 0.29) is 29.4 Å². The summed E-state index contributed by atoms with van der Waals surface area (Å²) in [5.41, 5.74) is 2.32. The maximum absolute atomic E-state index is 12.2. The van der Waals surface area contributed by atoms with Crippen LogP contribution in [-0.2, 0) is 24.2 Å². The molecule has 0 fully saturated rings. The van der Waals surface area contributed by atoms with Crippen LogP contribution in [0.4, 0.5) is 0 Å². The van der Waals surface area contributed by atoms with Crippen LogP contribution in [0.15, 0.2) is 36.4 Å². The van der Waals surface area contributed by atoms with E-state index >= 15 is 0 Å². The van der Waals surface area contributed by atoms with Crippen LogP contribution >= 0.6 is 0 Å². The minimum Gasteiger partial charge on any atom is -0.506 e. The Kier molecular flexibility index (Phi) is 10.1. The Labute approximate surface area is 190 Å². The zero-order chi connectivity index (χ0) is 23.6. The summed E-state index contributed by atoms with van der Waals surface area (Å²) < 4.78 is 0. The van der Waals surface area contributed by atoms with E-state index in [1.807, 2.05) is 18.2 Å². The molecule has 0 aliphatic heterocycles. The molecule has 0 aliphatic carbocycles. The van der Waals surface area contributed by atoms with Crippen molar-refractivity contribution in [2.75, 3.05) is 13.1 Å². The zero-order valence-electron chi connectivity index (χ0n) is 19.4. The molecule has 1 aromatic heterocycles. The first-order valence-electron chi connectivity index (χ1n) is 11.3. The lowest BCUT2D eigenvalue weighted by Crippen LogP contribution is -2.43. The third kappa shape index (κ3) is 8.57. The van der Waals surface area contributed by atoms with Gasteiger partial charge in [0.1, 0.15) is 17.5 Å². The van der Waals surface area contributed by atoms with Crippen molar-refractivity contribution in [1.29, 1.82) is 0 Å². The maximum atomic E-state index is 12.2. The van der Waals surface area contributed by atoms with Crippen LogP contribution in [0.3, 0.4) is 0 Å². The fraction of sp³-hybridized carbons (Fsp3) is 0.520. The highest BCUT2D eigenvalue weighted by Crippen LogP contribution is 2.20. The van der Waals surface area contributed by atoms with Crippen molar-refractivity contribution in [1.82, 2.24) is 15.6 Å². The van der Waals surface area contributed by atoms with Gasteiger partial charge in [0.2, 0.25) is 5.91 Å². The number of hydrogen-bond acceptors (Lipinski definition) is 6. The average Bonchev–Trinajstić information content (AvgIpc) is 2.75. The van der Waals surface area contributed by atoms with Gasteiger partial charge in [0.15, 0.2) is 0 Å². The molecule has 32 heavy (non-hydrogen) atoms. The molecule has 7 nitrogen and oxygen atoms in total. The normalized spacial score (nSPS) is 12.5. The highest BCUT2D eigenvalue weighted by Gasteiger charge is 2.21. The number of aromatic nitrogens is 1. The molecule has 1 atom stereocenters. The molecule has 2 aromatic rings. The van der Waals surface area contributed by atoms with Gasteiger partial charge >= 0.3 is 0 Å². The smallest absolute Gasteiger partial charge is 0.224 e. The molecule has 2 rings (SSSR count). The Bertz CT molecular complexity index is 870. The largest absolute Gasteiger partial charge is 0.506 e. The van der Waals surface area contributed by atoms with Crippen molar-refractivity contribution in [2.45, 2.75) is 71.1 Å². The van der Waals surface area contributed by atoms with Gasteiger partial charge in [0, 0.05) is 18.6 Å². The van der Waals surface area contributed by atoms with Gasteiger partial charge in [-0.3, -0.25) is 4.79 Å². The number of unbranched alkanes of at least 4 members (excludes halogenated alkanes) is 2. The summed E-state index contributed by atoms with van der Waals surface area (Å²) in [6.45, 7) is 6.85. The van der Waals surface area contributed by atoms with Crippen molar-refractivity contribution in [3.8, 4) is 5.75 Å². The quantitative estimate of drug-likeness (QED) is 0.304. The molecule has 0 saturated carbocycles. The first-order valence-corrected chi connectivity index (χ1v) is 11.3. The van der Waals surface area contributed by atoms with Crippen LogP contribution in [0.2, 0.25) is 0 Å². The first kappa shape index (κ1) is 25.8. The van der Waals surface area contributed by atoms with Crippen LogP contribution in [0.1, 0.15) is 68.7 Å². The van der Waals surface area contributed by atoms with Gasteiger partial charge in [0.25, 0.3) is 0 Å². The topological polar surface area (TPSA) is 115 Å². The number of β-amino-alcohol motifs (C(OH)–C–C–N with tert-alkyl or cyclic N) is 1. The second kappa shape index (κ2) is 12.5. The summed E-state index contributed by atoms with van der Waals surface area (Å²) >= 11 is 0. The number of aliphatic hydroxyl groups excluding tert-OH is 2. The molecule has 1 aromatic carbocycles. The van der Waals surface area contributed by atoms with Gasteiger partial charge in [-0.2, -0.15) is 0 Å². The first-order chi connectivity index (χ1) is 15.2. The van der Waals surface area contributed by atoms with Gasteiger partial charge in [-0.1, -0.05) is 44.0 Å². The number of carbonyl (C=O) groups is 1. The number of rotatable bonds is 13. The Morgan fingerprint density at radius 1 is 1.16 bits per heavy atom. The number of pyridine rings is 1. The van der Waals surface area contributed by atoms with Crippen molar-refractivity contribution in [2.24, 2.45) is 0 Å². The molecular formula is C25H37N3O4. The Morgan fingerprint density at radius 3 is 2.62 bits per heavy atom. The van der Waals surface area contributed by atoms with Crippen molar-refractivity contribution < 1.29 is 20.1 Å². The number of amides is 1. The second-order valence-corrected chi connectivity index (χ2v) is 8.87. The molecule has 1 unspecified atom stereocenters. The molecule has 5 N–H and O–H groups in total. The number of carbonyl (C=O) groups excluding carboxylic acids is 1. The fourth-order valence-corrected chi connectivity index (χ4v) is 3.56. The lowest BCUT2D eigenvalue weighted by atomic mass is 9.93. The number of aromatic hydroxyl groups is 1. The van der Waals surface area contributed by atoms with Crippen molar-refractivity contribution in [3.05, 3.63) is 58.9 Å².